The molecule has 0 saturated heterocycles. The summed E-state index contributed by atoms with van der Waals surface area (Å²) in [6, 6.07) is 0. The summed E-state index contributed by atoms with van der Waals surface area (Å²) in [7, 11) is 28.7. The van der Waals surface area contributed by atoms with E-state index in [2.05, 4.69) is 204 Å². The van der Waals surface area contributed by atoms with E-state index in [0.717, 1.165) is 12.6 Å². The first-order chi connectivity index (χ1) is 19.0. The van der Waals surface area contributed by atoms with Crippen molar-refractivity contribution in [3.05, 3.63) is 0 Å². The van der Waals surface area contributed by atoms with E-state index in [1.165, 1.54) is 0 Å². The molecule has 12 nitrogen and oxygen atoms in total. The molecule has 0 aliphatic heterocycles. The van der Waals surface area contributed by atoms with Gasteiger partial charge >= 0.3 is 14.9 Å². The van der Waals surface area contributed by atoms with Crippen LogP contribution in [0, 0.1) is 10.8 Å². The first kappa shape index (κ1) is 43.7. The Kier molecular flexibility index (Phi) is 16.0. The van der Waals surface area contributed by atoms with Crippen LogP contribution in [0.3, 0.4) is 0 Å². The predicted molar refractivity (Wildman–Crippen MR) is 201 cm³/mol. The highest BCUT2D eigenvalue weighted by Gasteiger charge is 2.50. The molecule has 0 aliphatic carbocycles. The van der Waals surface area contributed by atoms with Crippen molar-refractivity contribution in [3.8, 4) is 0 Å². The number of rotatable bonds is 14. The number of hydrogen-bond acceptors (Lipinski definition) is 0. The van der Waals surface area contributed by atoms with Crippen molar-refractivity contribution < 1.29 is 0 Å². The van der Waals surface area contributed by atoms with Crippen LogP contribution in [0.2, 0.25) is 0 Å². The van der Waals surface area contributed by atoms with Crippen molar-refractivity contribution in [1.29, 1.82) is 0 Å². The highest BCUT2D eigenvalue weighted by atomic mass is 31.2. The summed E-state index contributed by atoms with van der Waals surface area (Å²) in [5, 5.41) is 0. The molecule has 0 N–H and O–H groups in total. The van der Waals surface area contributed by atoms with Gasteiger partial charge < -0.3 is 0 Å². The fourth-order valence-corrected chi connectivity index (χ4v) is 27.0. The molecular formula is C27H73N12P4+. The Bertz CT molecular complexity index is 1010. The van der Waals surface area contributed by atoms with E-state index in [1.54, 1.807) is 0 Å². The van der Waals surface area contributed by atoms with Crippen LogP contribution in [0.5, 0.6) is 0 Å². The molecule has 16 heteroatoms. The molecule has 0 amide bonds. The topological polar surface area (TPSA) is 68.0 Å². The lowest BCUT2D eigenvalue weighted by molar-refractivity contribution is 0.237. The van der Waals surface area contributed by atoms with E-state index in [-0.39, 0.29) is 10.8 Å². The summed E-state index contributed by atoms with van der Waals surface area (Å²) in [4.78, 5) is 0. The van der Waals surface area contributed by atoms with Gasteiger partial charge in [0.15, 0.2) is 15.0 Å². The third-order valence-electron chi connectivity index (χ3n) is 7.27. The smallest absolute Gasteiger partial charge is 0.252 e. The molecule has 0 unspecified atom stereocenters. The van der Waals surface area contributed by atoms with Crippen LogP contribution in [-0.2, 0) is 0 Å². The third kappa shape index (κ3) is 9.84. The predicted octanol–water partition coefficient (Wildman–Crippen LogP) is 6.44. The standard InChI is InChI=1S/C27H73N12P4/c1-26(2,3)24-27(4,5)25-40(28-41(31(6)7,32(8)9)33(10)11,29-42(34(12)13,35(14)15)36(16)17)30-43(37(18)19,38(20)21)39(22)23/h24-25H2,1-23H3/q+1. The summed E-state index contributed by atoms with van der Waals surface area (Å²) in [6.45, 7) is 11.8. The van der Waals surface area contributed by atoms with Crippen LogP contribution in [0.1, 0.15) is 41.0 Å². The summed E-state index contributed by atoms with van der Waals surface area (Å²) in [5.41, 5.74) is 0.0636. The molecule has 0 rings (SSSR count). The molecule has 43 heavy (non-hydrogen) atoms. The van der Waals surface area contributed by atoms with E-state index in [0.29, 0.717) is 0 Å². The average molecular weight is 690 g/mol. The van der Waals surface area contributed by atoms with Crippen molar-refractivity contribution in [2.24, 2.45) is 19.9 Å². The van der Waals surface area contributed by atoms with Gasteiger partial charge in [0.1, 0.15) is 0 Å². The minimum absolute atomic E-state index is 0.0790. The number of nitrogens with zero attached hydrogens (tertiary/aromatic N) is 12. The van der Waals surface area contributed by atoms with Crippen molar-refractivity contribution in [3.63, 3.8) is 0 Å². The molecule has 0 spiro atoms. The van der Waals surface area contributed by atoms with Gasteiger partial charge in [0.05, 0.1) is 6.16 Å². The van der Waals surface area contributed by atoms with Crippen LogP contribution in [0.4, 0.5) is 0 Å². The van der Waals surface area contributed by atoms with E-state index in [1.807, 2.05) is 0 Å². The first-order valence-electron chi connectivity index (χ1n) is 14.9. The second-order valence-electron chi connectivity index (χ2n) is 15.3. The Morgan fingerprint density at radius 3 is 0.884 bits per heavy atom. The van der Waals surface area contributed by atoms with Crippen LogP contribution in [0.25, 0.3) is 0 Å². The van der Waals surface area contributed by atoms with Gasteiger partial charge in [-0.1, -0.05) is 38.8 Å². The minimum atomic E-state index is -2.91. The quantitative estimate of drug-likeness (QED) is 0.152. The minimum Gasteiger partial charge on any atom is -0.252 e. The number of hydrogen-bond donors (Lipinski definition) is 0. The Labute approximate surface area is 269 Å². The van der Waals surface area contributed by atoms with E-state index < -0.39 is 29.9 Å². The summed E-state index contributed by atoms with van der Waals surface area (Å²) in [5.74, 6) is 0. The van der Waals surface area contributed by atoms with Crippen molar-refractivity contribution in [2.45, 2.75) is 41.0 Å². The second kappa shape index (κ2) is 15.7. The highest BCUT2D eigenvalue weighted by molar-refractivity contribution is 7.79. The van der Waals surface area contributed by atoms with Crippen LogP contribution in [0.15, 0.2) is 9.03 Å². The van der Waals surface area contributed by atoms with Gasteiger partial charge in [-0.05, 0) is 144 Å². The van der Waals surface area contributed by atoms with Gasteiger partial charge in [-0.25, -0.2) is 14.0 Å². The first-order valence-corrected chi connectivity index (χ1v) is 21.6. The molecular weight excluding hydrogens is 616 g/mol. The molecule has 0 saturated carbocycles. The van der Waals surface area contributed by atoms with Gasteiger partial charge in [0, 0.05) is 0 Å². The monoisotopic (exact) mass is 690 g/mol. The van der Waals surface area contributed by atoms with Crippen molar-refractivity contribution in [2.75, 3.05) is 133 Å². The van der Waals surface area contributed by atoms with Crippen LogP contribution >= 0.6 is 29.9 Å². The van der Waals surface area contributed by atoms with Crippen LogP contribution < -0.4 is 4.17 Å². The Morgan fingerprint density at radius 2 is 0.698 bits per heavy atom. The molecule has 0 aliphatic rings. The van der Waals surface area contributed by atoms with E-state index in [9.17, 15) is 0 Å². The molecule has 0 aromatic rings. The van der Waals surface area contributed by atoms with Gasteiger partial charge in [-0.2, -0.15) is 0 Å². The molecule has 0 aromatic heterocycles. The molecule has 0 aromatic carbocycles. The highest BCUT2D eigenvalue weighted by Crippen LogP contribution is 2.74. The lowest BCUT2D eigenvalue weighted by Crippen LogP contribution is -2.34. The lowest BCUT2D eigenvalue weighted by Gasteiger charge is -2.43. The maximum absolute atomic E-state index is 6.18. The second-order valence-corrected chi connectivity index (χ2v) is 29.5. The molecule has 0 heterocycles. The largest absolute Gasteiger partial charge is 0.445 e. The average Bonchev–Trinajstić information content (AvgIpc) is 2.75. The summed E-state index contributed by atoms with van der Waals surface area (Å²) in [6.07, 6.45) is 1.82. The van der Waals surface area contributed by atoms with Gasteiger partial charge in [0.25, 0.3) is 0 Å². The third-order valence-corrected chi connectivity index (χ3v) is 24.5. The van der Waals surface area contributed by atoms with E-state index >= 15 is 0 Å². The molecule has 260 valence electrons. The molecule has 0 atom stereocenters. The zero-order chi connectivity index (χ0) is 34.7. The fraction of sp³-hybridized carbons (Fsp3) is 1.00. The Balaban J connectivity index is 9.82. The molecule has 0 bridgehead atoms. The SMILES string of the molecule is CN(C)P(=NP(CC(C)(C)CC(C)(C)C)(N=P(N(C)C)(N(C)C)N(C)C)=[N+]=P(N(C)C)(N(C)C)N(C)C)(N(C)C)N(C)C. The lowest BCUT2D eigenvalue weighted by atomic mass is 9.77. The Hall–Kier alpha value is 0.670. The Morgan fingerprint density at radius 1 is 0.442 bits per heavy atom. The maximum Gasteiger partial charge on any atom is 0.445 e. The zero-order valence-electron chi connectivity index (χ0n) is 32.6. The molecule has 0 radical (unpaired) electrons. The zero-order valence-corrected chi connectivity index (χ0v) is 36.1. The van der Waals surface area contributed by atoms with Gasteiger partial charge in [-0.15, -0.1) is 9.03 Å². The summed E-state index contributed by atoms with van der Waals surface area (Å²) >= 11 is 0. The van der Waals surface area contributed by atoms with Crippen molar-refractivity contribution in [1.82, 2.24) is 46.2 Å². The van der Waals surface area contributed by atoms with Gasteiger partial charge in [0.2, 0.25) is 0 Å². The van der Waals surface area contributed by atoms with Crippen molar-refractivity contribution >= 4 is 29.9 Å². The fourth-order valence-electron chi connectivity index (χ4n) is 6.73. The van der Waals surface area contributed by atoms with E-state index in [4.69, 9.17) is 13.2 Å². The maximum atomic E-state index is 6.18. The summed E-state index contributed by atoms with van der Waals surface area (Å²) < 4.78 is 39.3. The van der Waals surface area contributed by atoms with Gasteiger partial charge in [-0.3, -0.25) is 28.0 Å². The van der Waals surface area contributed by atoms with Crippen LogP contribution in [-0.4, -0.2) is 175 Å². The normalized spacial score (nSPS) is 15.0. The molecule has 0 fully saturated rings.